The molecule has 0 aliphatic heterocycles. The Labute approximate surface area is 85.6 Å². The highest BCUT2D eigenvalue weighted by atomic mass is 16.5. The molecule has 1 N–H and O–H groups in total. The third-order valence-corrected chi connectivity index (χ3v) is 2.02. The first-order chi connectivity index (χ1) is 6.76. The van der Waals surface area contributed by atoms with Gasteiger partial charge >= 0.3 is 0 Å². The molecule has 1 atom stereocenters. The van der Waals surface area contributed by atoms with Crippen LogP contribution in [0.4, 0.5) is 5.69 Å². The summed E-state index contributed by atoms with van der Waals surface area (Å²) in [4.78, 5) is 0. The third-order valence-electron chi connectivity index (χ3n) is 2.02. The van der Waals surface area contributed by atoms with Crippen molar-refractivity contribution in [3.05, 3.63) is 36.9 Å². The molecule has 0 aromatic heterocycles. The van der Waals surface area contributed by atoms with Crippen molar-refractivity contribution in [2.24, 2.45) is 0 Å². The standard InChI is InChI=1S/C12H17NO/c1-4-5-10(2)13-11-6-8-12(14-3)9-7-11/h4,6-10,13H,1,5H2,2-3H3/t10-/m1/s1. The monoisotopic (exact) mass is 191 g/mol. The van der Waals surface area contributed by atoms with Crippen molar-refractivity contribution in [1.82, 2.24) is 0 Å². The molecule has 76 valence electrons. The van der Waals surface area contributed by atoms with E-state index in [0.717, 1.165) is 17.9 Å². The van der Waals surface area contributed by atoms with Crippen LogP contribution in [-0.4, -0.2) is 13.2 Å². The van der Waals surface area contributed by atoms with Gasteiger partial charge in [0.1, 0.15) is 5.75 Å². The van der Waals surface area contributed by atoms with E-state index in [-0.39, 0.29) is 0 Å². The molecule has 0 aliphatic carbocycles. The first kappa shape index (κ1) is 10.6. The lowest BCUT2D eigenvalue weighted by Gasteiger charge is -2.13. The van der Waals surface area contributed by atoms with Gasteiger partial charge in [0.15, 0.2) is 0 Å². The molecule has 0 fully saturated rings. The quantitative estimate of drug-likeness (QED) is 0.722. The van der Waals surface area contributed by atoms with Gasteiger partial charge in [-0.3, -0.25) is 0 Å². The van der Waals surface area contributed by atoms with Gasteiger partial charge in [-0.25, -0.2) is 0 Å². The number of rotatable bonds is 5. The second-order valence-electron chi connectivity index (χ2n) is 3.30. The molecule has 0 saturated heterocycles. The molecule has 0 amide bonds. The molecule has 0 spiro atoms. The molecule has 1 aromatic rings. The molecule has 0 unspecified atom stereocenters. The largest absolute Gasteiger partial charge is 0.497 e. The van der Waals surface area contributed by atoms with Gasteiger partial charge in [-0.05, 0) is 37.6 Å². The summed E-state index contributed by atoms with van der Waals surface area (Å²) in [5.74, 6) is 0.881. The molecule has 14 heavy (non-hydrogen) atoms. The Kier molecular flexibility index (Phi) is 4.05. The Hall–Kier alpha value is -1.44. The van der Waals surface area contributed by atoms with Gasteiger partial charge in [-0.15, -0.1) is 6.58 Å². The van der Waals surface area contributed by atoms with E-state index in [1.54, 1.807) is 7.11 Å². The van der Waals surface area contributed by atoms with Crippen LogP contribution in [0.1, 0.15) is 13.3 Å². The van der Waals surface area contributed by atoms with E-state index in [9.17, 15) is 0 Å². The minimum atomic E-state index is 0.417. The first-order valence-corrected chi connectivity index (χ1v) is 4.77. The number of anilines is 1. The van der Waals surface area contributed by atoms with E-state index >= 15 is 0 Å². The minimum absolute atomic E-state index is 0.417. The van der Waals surface area contributed by atoms with E-state index in [0.29, 0.717) is 6.04 Å². The summed E-state index contributed by atoms with van der Waals surface area (Å²) in [6.07, 6.45) is 2.88. The number of nitrogens with one attached hydrogen (secondary N) is 1. The zero-order chi connectivity index (χ0) is 10.4. The highest BCUT2D eigenvalue weighted by Crippen LogP contribution is 2.16. The van der Waals surface area contributed by atoms with Crippen LogP contribution in [0.25, 0.3) is 0 Å². The van der Waals surface area contributed by atoms with Gasteiger partial charge in [0.2, 0.25) is 0 Å². The summed E-state index contributed by atoms with van der Waals surface area (Å²) in [6.45, 7) is 5.84. The predicted octanol–water partition coefficient (Wildman–Crippen LogP) is 3.07. The van der Waals surface area contributed by atoms with Crippen LogP contribution in [0.3, 0.4) is 0 Å². The van der Waals surface area contributed by atoms with Crippen molar-refractivity contribution >= 4 is 5.69 Å². The van der Waals surface area contributed by atoms with Crippen LogP contribution >= 0.6 is 0 Å². The van der Waals surface area contributed by atoms with Gasteiger partial charge in [-0.1, -0.05) is 6.08 Å². The Bertz CT molecular complexity index is 279. The van der Waals surface area contributed by atoms with Crippen LogP contribution in [0, 0.1) is 0 Å². The third kappa shape index (κ3) is 3.13. The fourth-order valence-electron chi connectivity index (χ4n) is 1.28. The lowest BCUT2D eigenvalue weighted by molar-refractivity contribution is 0.415. The van der Waals surface area contributed by atoms with Gasteiger partial charge in [-0.2, -0.15) is 0 Å². The van der Waals surface area contributed by atoms with Crippen molar-refractivity contribution in [3.8, 4) is 5.75 Å². The maximum atomic E-state index is 5.08. The summed E-state index contributed by atoms with van der Waals surface area (Å²) >= 11 is 0. The fourth-order valence-corrected chi connectivity index (χ4v) is 1.28. The molecule has 0 aliphatic rings. The van der Waals surface area contributed by atoms with E-state index in [2.05, 4.69) is 18.8 Å². The predicted molar refractivity (Wildman–Crippen MR) is 60.9 cm³/mol. The van der Waals surface area contributed by atoms with Crippen LogP contribution in [0.15, 0.2) is 36.9 Å². The molecule has 1 aromatic carbocycles. The SMILES string of the molecule is C=CC[C@@H](C)Nc1ccc(OC)cc1. The lowest BCUT2D eigenvalue weighted by Crippen LogP contribution is -2.13. The normalized spacial score (nSPS) is 11.9. The number of methoxy groups -OCH3 is 1. The summed E-state index contributed by atoms with van der Waals surface area (Å²) < 4.78 is 5.08. The van der Waals surface area contributed by atoms with Gasteiger partial charge < -0.3 is 10.1 Å². The first-order valence-electron chi connectivity index (χ1n) is 4.77. The number of ether oxygens (including phenoxy) is 1. The van der Waals surface area contributed by atoms with E-state index in [1.165, 1.54) is 0 Å². The summed E-state index contributed by atoms with van der Waals surface area (Å²) in [7, 11) is 1.67. The van der Waals surface area contributed by atoms with Crippen molar-refractivity contribution in [1.29, 1.82) is 0 Å². The highest BCUT2D eigenvalue weighted by molar-refractivity contribution is 5.46. The molecule has 0 saturated carbocycles. The molecule has 1 rings (SSSR count). The Balaban J connectivity index is 2.54. The van der Waals surface area contributed by atoms with E-state index in [1.807, 2.05) is 30.3 Å². The topological polar surface area (TPSA) is 21.3 Å². The van der Waals surface area contributed by atoms with Crippen molar-refractivity contribution in [2.45, 2.75) is 19.4 Å². The van der Waals surface area contributed by atoms with Crippen molar-refractivity contribution in [3.63, 3.8) is 0 Å². The molecular formula is C12H17NO. The second kappa shape index (κ2) is 5.32. The highest BCUT2D eigenvalue weighted by Gasteiger charge is 1.99. The number of hydrogen-bond acceptors (Lipinski definition) is 2. The second-order valence-corrected chi connectivity index (χ2v) is 3.30. The summed E-state index contributed by atoms with van der Waals surface area (Å²) in [5.41, 5.74) is 1.11. The van der Waals surface area contributed by atoms with E-state index < -0.39 is 0 Å². The van der Waals surface area contributed by atoms with Gasteiger partial charge in [0, 0.05) is 11.7 Å². The van der Waals surface area contributed by atoms with Gasteiger partial charge in [0.05, 0.1) is 7.11 Å². The average molecular weight is 191 g/mol. The van der Waals surface area contributed by atoms with Crippen molar-refractivity contribution in [2.75, 3.05) is 12.4 Å². The van der Waals surface area contributed by atoms with Crippen molar-refractivity contribution < 1.29 is 4.74 Å². The van der Waals surface area contributed by atoms with E-state index in [4.69, 9.17) is 4.74 Å². The maximum absolute atomic E-state index is 5.08. The molecule has 2 heteroatoms. The summed E-state index contributed by atoms with van der Waals surface area (Å²) in [6, 6.07) is 8.34. The fraction of sp³-hybridized carbons (Fsp3) is 0.333. The Morgan fingerprint density at radius 3 is 2.57 bits per heavy atom. The molecular weight excluding hydrogens is 174 g/mol. The Morgan fingerprint density at radius 1 is 1.43 bits per heavy atom. The lowest BCUT2D eigenvalue weighted by atomic mass is 10.2. The molecule has 0 heterocycles. The number of hydrogen-bond donors (Lipinski definition) is 1. The molecule has 0 bridgehead atoms. The van der Waals surface area contributed by atoms with Crippen LogP contribution in [0.5, 0.6) is 5.75 Å². The molecule has 0 radical (unpaired) electrons. The minimum Gasteiger partial charge on any atom is -0.497 e. The van der Waals surface area contributed by atoms with Gasteiger partial charge in [0.25, 0.3) is 0 Å². The van der Waals surface area contributed by atoms with Crippen LogP contribution in [0.2, 0.25) is 0 Å². The average Bonchev–Trinajstić information content (AvgIpc) is 2.19. The smallest absolute Gasteiger partial charge is 0.119 e. The molecule has 2 nitrogen and oxygen atoms in total. The summed E-state index contributed by atoms with van der Waals surface area (Å²) in [5, 5.41) is 3.37. The van der Waals surface area contributed by atoms with Crippen LogP contribution < -0.4 is 10.1 Å². The van der Waals surface area contributed by atoms with Crippen LogP contribution in [-0.2, 0) is 0 Å². The Morgan fingerprint density at radius 2 is 2.07 bits per heavy atom. The maximum Gasteiger partial charge on any atom is 0.119 e. The zero-order valence-electron chi connectivity index (χ0n) is 8.79. The number of benzene rings is 1. The zero-order valence-corrected chi connectivity index (χ0v) is 8.79.